The fourth-order valence-electron chi connectivity index (χ4n) is 2.62. The first kappa shape index (κ1) is 13.2. The Kier molecular flexibility index (Phi) is 3.25. The van der Waals surface area contributed by atoms with Gasteiger partial charge < -0.3 is 14.8 Å². The monoisotopic (exact) mass is 295 g/mol. The number of amides is 1. The second kappa shape index (κ2) is 4.94. The maximum atomic E-state index is 10.9. The van der Waals surface area contributed by atoms with Gasteiger partial charge in [-0.1, -0.05) is 16.8 Å². The highest BCUT2D eigenvalue weighted by atomic mass is 35.5. The van der Waals surface area contributed by atoms with E-state index >= 15 is 0 Å². The molecule has 2 aliphatic heterocycles. The first-order chi connectivity index (χ1) is 9.60. The van der Waals surface area contributed by atoms with Crippen LogP contribution in [0.5, 0.6) is 0 Å². The van der Waals surface area contributed by atoms with Gasteiger partial charge in [0.1, 0.15) is 17.0 Å². The Balaban J connectivity index is 1.71. The minimum absolute atomic E-state index is 0.401. The van der Waals surface area contributed by atoms with Crippen molar-refractivity contribution >= 4 is 23.4 Å². The van der Waals surface area contributed by atoms with Crippen LogP contribution in [-0.4, -0.2) is 45.5 Å². The van der Waals surface area contributed by atoms with Gasteiger partial charge >= 0.3 is 6.09 Å². The summed E-state index contributed by atoms with van der Waals surface area (Å²) in [6, 6.07) is 3.54. The summed E-state index contributed by atoms with van der Waals surface area (Å²) in [7, 11) is 0. The van der Waals surface area contributed by atoms with E-state index in [1.807, 2.05) is 0 Å². The molecule has 1 spiro atoms. The Morgan fingerprint density at radius 2 is 2.20 bits per heavy atom. The van der Waals surface area contributed by atoms with E-state index in [1.54, 1.807) is 18.3 Å². The molecule has 7 heteroatoms. The molecule has 6 nitrogen and oxygen atoms in total. The molecule has 3 rings (SSSR count). The van der Waals surface area contributed by atoms with Crippen LogP contribution in [0.3, 0.4) is 0 Å². The normalized spacial score (nSPS) is 20.6. The van der Waals surface area contributed by atoms with Gasteiger partial charge in [-0.2, -0.15) is 0 Å². The van der Waals surface area contributed by atoms with E-state index in [1.165, 1.54) is 4.90 Å². The molecule has 1 fully saturated rings. The third-order valence-corrected chi connectivity index (χ3v) is 4.12. The lowest BCUT2D eigenvalue weighted by Crippen LogP contribution is -2.46. The highest BCUT2D eigenvalue weighted by Crippen LogP contribution is 2.36. The zero-order valence-corrected chi connectivity index (χ0v) is 11.5. The number of carboxylic acid groups (broad SMARTS) is 1. The summed E-state index contributed by atoms with van der Waals surface area (Å²) in [5.41, 5.74) is 0.980. The minimum atomic E-state index is -0.883. The van der Waals surface area contributed by atoms with Crippen molar-refractivity contribution in [2.24, 2.45) is 5.16 Å². The number of nitrogens with zero attached hydrogens (tertiary/aromatic N) is 3. The van der Waals surface area contributed by atoms with E-state index in [0.717, 1.165) is 5.71 Å². The molecule has 1 aromatic rings. The van der Waals surface area contributed by atoms with E-state index in [2.05, 4.69) is 10.1 Å². The molecule has 0 atom stereocenters. The van der Waals surface area contributed by atoms with E-state index in [9.17, 15) is 4.79 Å². The maximum Gasteiger partial charge on any atom is 0.407 e. The van der Waals surface area contributed by atoms with Crippen molar-refractivity contribution in [1.82, 2.24) is 9.88 Å². The smallest absolute Gasteiger partial charge is 0.407 e. The summed E-state index contributed by atoms with van der Waals surface area (Å²) < 4.78 is 0. The highest BCUT2D eigenvalue weighted by molar-refractivity contribution is 6.33. The minimum Gasteiger partial charge on any atom is -0.465 e. The topological polar surface area (TPSA) is 75.0 Å². The molecule has 1 aromatic heterocycles. The Bertz CT molecular complexity index is 568. The molecule has 1 saturated heterocycles. The zero-order chi connectivity index (χ0) is 14.2. The Morgan fingerprint density at radius 3 is 2.85 bits per heavy atom. The van der Waals surface area contributed by atoms with Crippen molar-refractivity contribution in [2.75, 3.05) is 13.1 Å². The Morgan fingerprint density at radius 1 is 1.45 bits per heavy atom. The molecule has 106 valence electrons. The Labute approximate surface area is 121 Å². The number of hydrogen-bond donors (Lipinski definition) is 1. The van der Waals surface area contributed by atoms with Crippen molar-refractivity contribution < 1.29 is 14.7 Å². The predicted octanol–water partition coefficient (Wildman–Crippen LogP) is 2.37. The lowest BCUT2D eigenvalue weighted by molar-refractivity contribution is -0.0576. The molecule has 0 unspecified atom stereocenters. The lowest BCUT2D eigenvalue weighted by atomic mass is 9.86. The van der Waals surface area contributed by atoms with Crippen LogP contribution in [0.2, 0.25) is 5.02 Å². The quantitative estimate of drug-likeness (QED) is 0.863. The van der Waals surface area contributed by atoms with Gasteiger partial charge in [0, 0.05) is 38.5 Å². The summed E-state index contributed by atoms with van der Waals surface area (Å²) in [5, 5.41) is 13.6. The molecular formula is C13H14ClN3O3. The average Bonchev–Trinajstić information content (AvgIpc) is 2.83. The van der Waals surface area contributed by atoms with E-state index in [-0.39, 0.29) is 0 Å². The summed E-state index contributed by atoms with van der Waals surface area (Å²) in [5.74, 6) is 0. The number of oxime groups is 1. The standard InChI is InChI=1S/C13H14ClN3O3/c14-9-2-1-5-15-11(9)10-8-13(20-16-10)3-6-17(7-4-13)12(18)19/h1-2,5H,3-4,6-8H2,(H,18,19). The number of pyridine rings is 1. The molecule has 0 saturated carbocycles. The van der Waals surface area contributed by atoms with Crippen LogP contribution in [0.25, 0.3) is 0 Å². The number of likely N-dealkylation sites (tertiary alicyclic amines) is 1. The third kappa shape index (κ3) is 2.31. The van der Waals surface area contributed by atoms with Gasteiger partial charge in [-0.15, -0.1) is 0 Å². The van der Waals surface area contributed by atoms with Crippen molar-refractivity contribution in [3.63, 3.8) is 0 Å². The van der Waals surface area contributed by atoms with Gasteiger partial charge in [0.15, 0.2) is 0 Å². The molecule has 0 aromatic carbocycles. The molecule has 20 heavy (non-hydrogen) atoms. The van der Waals surface area contributed by atoms with Crippen LogP contribution < -0.4 is 0 Å². The van der Waals surface area contributed by atoms with Gasteiger partial charge in [-0.25, -0.2) is 4.79 Å². The fraction of sp³-hybridized carbons (Fsp3) is 0.462. The summed E-state index contributed by atoms with van der Waals surface area (Å²) in [6.45, 7) is 0.933. The van der Waals surface area contributed by atoms with E-state index in [4.69, 9.17) is 21.5 Å². The zero-order valence-electron chi connectivity index (χ0n) is 10.8. The SMILES string of the molecule is O=C(O)N1CCC2(CC1)CC(c1ncccc1Cl)=NO2. The molecule has 0 bridgehead atoms. The second-order valence-electron chi connectivity index (χ2n) is 5.09. The third-order valence-electron chi connectivity index (χ3n) is 3.82. The highest BCUT2D eigenvalue weighted by Gasteiger charge is 2.43. The average molecular weight is 296 g/mol. The van der Waals surface area contributed by atoms with Gasteiger partial charge in [0.25, 0.3) is 0 Å². The van der Waals surface area contributed by atoms with Crippen molar-refractivity contribution in [1.29, 1.82) is 0 Å². The van der Waals surface area contributed by atoms with Gasteiger partial charge in [-0.05, 0) is 12.1 Å². The molecular weight excluding hydrogens is 282 g/mol. The number of rotatable bonds is 1. The fourth-order valence-corrected chi connectivity index (χ4v) is 2.85. The van der Waals surface area contributed by atoms with Crippen LogP contribution >= 0.6 is 11.6 Å². The Hall–Kier alpha value is -1.82. The van der Waals surface area contributed by atoms with Crippen molar-refractivity contribution in [3.05, 3.63) is 29.0 Å². The molecule has 1 N–H and O–H groups in total. The molecule has 1 amide bonds. The number of halogens is 1. The number of carbonyl (C=O) groups is 1. The first-order valence-electron chi connectivity index (χ1n) is 6.43. The summed E-state index contributed by atoms with van der Waals surface area (Å²) in [4.78, 5) is 22.2. The number of piperidine rings is 1. The van der Waals surface area contributed by atoms with E-state index in [0.29, 0.717) is 43.1 Å². The largest absolute Gasteiger partial charge is 0.465 e. The summed E-state index contributed by atoms with van der Waals surface area (Å²) in [6.07, 6.45) is 2.68. The molecule has 3 heterocycles. The lowest BCUT2D eigenvalue weighted by Gasteiger charge is -2.35. The van der Waals surface area contributed by atoms with E-state index < -0.39 is 11.7 Å². The van der Waals surface area contributed by atoms with Gasteiger partial charge in [0.2, 0.25) is 0 Å². The van der Waals surface area contributed by atoms with Crippen LogP contribution in [0.4, 0.5) is 4.79 Å². The number of hydrogen-bond acceptors (Lipinski definition) is 4. The van der Waals surface area contributed by atoms with Crippen LogP contribution in [0, 0.1) is 0 Å². The number of aromatic nitrogens is 1. The van der Waals surface area contributed by atoms with Crippen LogP contribution in [-0.2, 0) is 4.84 Å². The van der Waals surface area contributed by atoms with Crippen LogP contribution in [0.15, 0.2) is 23.5 Å². The summed E-state index contributed by atoms with van der Waals surface area (Å²) >= 11 is 6.11. The molecule has 2 aliphatic rings. The van der Waals surface area contributed by atoms with Crippen LogP contribution in [0.1, 0.15) is 25.0 Å². The first-order valence-corrected chi connectivity index (χ1v) is 6.81. The van der Waals surface area contributed by atoms with Crippen molar-refractivity contribution in [2.45, 2.75) is 24.9 Å². The molecule has 0 radical (unpaired) electrons. The second-order valence-corrected chi connectivity index (χ2v) is 5.50. The predicted molar refractivity (Wildman–Crippen MR) is 73.0 cm³/mol. The van der Waals surface area contributed by atoms with Crippen molar-refractivity contribution in [3.8, 4) is 0 Å². The molecule has 0 aliphatic carbocycles. The van der Waals surface area contributed by atoms with Gasteiger partial charge in [-0.3, -0.25) is 4.98 Å². The maximum absolute atomic E-state index is 10.9. The van der Waals surface area contributed by atoms with Gasteiger partial charge in [0.05, 0.1) is 5.02 Å².